The van der Waals surface area contributed by atoms with Crippen molar-refractivity contribution in [2.75, 3.05) is 13.2 Å². The molecule has 468 valence electrons. The molecule has 0 saturated carbocycles. The van der Waals surface area contributed by atoms with Crippen LogP contribution in [0.3, 0.4) is 0 Å². The van der Waals surface area contributed by atoms with Gasteiger partial charge >= 0.3 is 17.9 Å². The molecule has 1 unspecified atom stereocenters. The molecular weight excluding hydrogens is 1010 g/mol. The number of ether oxygens (including phenoxy) is 3. The van der Waals surface area contributed by atoms with Gasteiger partial charge in [-0.1, -0.05) is 328 Å². The zero-order valence-electron chi connectivity index (χ0n) is 53.7. The zero-order valence-corrected chi connectivity index (χ0v) is 53.7. The summed E-state index contributed by atoms with van der Waals surface area (Å²) in [5.41, 5.74) is 0. The van der Waals surface area contributed by atoms with E-state index in [9.17, 15) is 14.4 Å². The number of unbranched alkanes of at least 4 members (excludes halogenated alkanes) is 31. The van der Waals surface area contributed by atoms with Crippen molar-refractivity contribution in [3.05, 3.63) is 122 Å². The standard InChI is InChI=1S/C76H128O6/c1-4-7-10-13-16-19-22-24-26-28-30-32-33-34-35-36-37-38-39-40-41-42-43-44-46-47-49-51-54-57-60-63-66-69-75(78)81-72-73(71-80-74(77)68-65-62-59-56-53-21-18-15-12-9-6-3)82-76(79)70-67-64-61-58-55-52-50-48-45-31-29-27-25-23-20-17-14-11-8-5-2/h7,10,16,19,24,26,30,32,34-35,37-38,40-41,43-44,47,49,54,57,73H,4-6,8-9,11-15,17-18,20-23,25,27-29,31,33,36,39,42,45-46,48,50-53,55-56,58-72H2,1-3H3/b10-7-,19-16-,26-24-,32-30-,35-34-,38-37-,41-40-,44-43-,49-47-,57-54-. The van der Waals surface area contributed by atoms with E-state index in [1.807, 2.05) is 0 Å². The van der Waals surface area contributed by atoms with Crippen molar-refractivity contribution < 1.29 is 28.6 Å². The number of hydrogen-bond acceptors (Lipinski definition) is 6. The van der Waals surface area contributed by atoms with Crippen LogP contribution in [0.25, 0.3) is 0 Å². The molecule has 0 rings (SSSR count). The Morgan fingerprint density at radius 3 is 0.744 bits per heavy atom. The highest BCUT2D eigenvalue weighted by Crippen LogP contribution is 2.17. The first-order chi connectivity index (χ1) is 40.5. The molecule has 0 heterocycles. The van der Waals surface area contributed by atoms with Crippen molar-refractivity contribution in [3.8, 4) is 0 Å². The monoisotopic (exact) mass is 1140 g/mol. The van der Waals surface area contributed by atoms with Gasteiger partial charge in [0.2, 0.25) is 0 Å². The summed E-state index contributed by atoms with van der Waals surface area (Å²) in [6.07, 6.45) is 96.5. The van der Waals surface area contributed by atoms with Crippen LogP contribution < -0.4 is 0 Å². The van der Waals surface area contributed by atoms with Crippen molar-refractivity contribution >= 4 is 17.9 Å². The summed E-state index contributed by atoms with van der Waals surface area (Å²) in [4.78, 5) is 38.3. The third-order valence-corrected chi connectivity index (χ3v) is 14.7. The zero-order chi connectivity index (χ0) is 59.2. The summed E-state index contributed by atoms with van der Waals surface area (Å²) >= 11 is 0. The first-order valence-corrected chi connectivity index (χ1v) is 34.5. The Morgan fingerprint density at radius 2 is 0.476 bits per heavy atom. The Hall–Kier alpha value is -4.19. The Labute approximate surface area is 507 Å². The number of carbonyl (C=O) groups excluding carboxylic acids is 3. The van der Waals surface area contributed by atoms with Gasteiger partial charge in [-0.05, 0) is 96.3 Å². The van der Waals surface area contributed by atoms with Crippen LogP contribution in [-0.2, 0) is 28.6 Å². The molecule has 0 aromatic carbocycles. The Kier molecular flexibility index (Phi) is 65.8. The molecule has 0 aliphatic heterocycles. The molecule has 1 atom stereocenters. The van der Waals surface area contributed by atoms with Gasteiger partial charge in [0.1, 0.15) is 13.2 Å². The summed E-state index contributed by atoms with van der Waals surface area (Å²) in [5, 5.41) is 0. The maximum absolute atomic E-state index is 12.9. The summed E-state index contributed by atoms with van der Waals surface area (Å²) in [6, 6.07) is 0. The van der Waals surface area contributed by atoms with E-state index in [1.165, 1.54) is 161 Å². The normalized spacial score (nSPS) is 12.9. The highest BCUT2D eigenvalue weighted by molar-refractivity contribution is 5.71. The lowest BCUT2D eigenvalue weighted by atomic mass is 10.0. The first kappa shape index (κ1) is 77.8. The van der Waals surface area contributed by atoms with Gasteiger partial charge in [-0.25, -0.2) is 0 Å². The SMILES string of the molecule is CC/C=C\C/C=C\C/C=C\C/C=C\C/C=C\C/C=C\C/C=C\C/C=C\C/C=C\C/C=C\CCCCC(=O)OCC(COC(=O)CCCCCCCCCCCCC)OC(=O)CCCCCCCCCCCCCCCCCCCCCC. The van der Waals surface area contributed by atoms with Gasteiger partial charge < -0.3 is 14.2 Å². The fourth-order valence-corrected chi connectivity index (χ4v) is 9.59. The molecule has 0 radical (unpaired) electrons. The first-order valence-electron chi connectivity index (χ1n) is 34.5. The van der Waals surface area contributed by atoms with Crippen LogP contribution in [0.4, 0.5) is 0 Å². The second kappa shape index (κ2) is 69.3. The second-order valence-corrected chi connectivity index (χ2v) is 22.7. The number of rotatable bonds is 62. The van der Waals surface area contributed by atoms with E-state index in [-0.39, 0.29) is 31.1 Å². The highest BCUT2D eigenvalue weighted by Gasteiger charge is 2.19. The lowest BCUT2D eigenvalue weighted by molar-refractivity contribution is -0.167. The maximum atomic E-state index is 12.9. The minimum absolute atomic E-state index is 0.0890. The molecule has 0 aromatic rings. The lowest BCUT2D eigenvalue weighted by Crippen LogP contribution is -2.30. The fourth-order valence-electron chi connectivity index (χ4n) is 9.59. The molecule has 0 aliphatic carbocycles. The molecule has 82 heavy (non-hydrogen) atoms. The minimum Gasteiger partial charge on any atom is -0.462 e. The van der Waals surface area contributed by atoms with E-state index in [0.717, 1.165) is 122 Å². The average Bonchev–Trinajstić information content (AvgIpc) is 3.47. The van der Waals surface area contributed by atoms with Gasteiger partial charge in [-0.3, -0.25) is 14.4 Å². The molecule has 0 amide bonds. The van der Waals surface area contributed by atoms with E-state index in [1.54, 1.807) is 0 Å². The topological polar surface area (TPSA) is 78.9 Å². The van der Waals surface area contributed by atoms with Crippen LogP contribution in [-0.4, -0.2) is 37.2 Å². The maximum Gasteiger partial charge on any atom is 0.306 e. The van der Waals surface area contributed by atoms with Crippen LogP contribution in [0.5, 0.6) is 0 Å². The van der Waals surface area contributed by atoms with Gasteiger partial charge in [0.15, 0.2) is 6.10 Å². The molecule has 0 saturated heterocycles. The molecule has 0 N–H and O–H groups in total. The quantitative estimate of drug-likeness (QED) is 0.0261. The predicted molar refractivity (Wildman–Crippen MR) is 357 cm³/mol. The van der Waals surface area contributed by atoms with Gasteiger partial charge in [0, 0.05) is 19.3 Å². The predicted octanol–water partition coefficient (Wildman–Crippen LogP) is 23.9. The highest BCUT2D eigenvalue weighted by atomic mass is 16.6. The molecule has 0 aliphatic rings. The van der Waals surface area contributed by atoms with Crippen LogP contribution in [0.15, 0.2) is 122 Å². The van der Waals surface area contributed by atoms with Crippen LogP contribution >= 0.6 is 0 Å². The van der Waals surface area contributed by atoms with Crippen molar-refractivity contribution in [2.45, 2.75) is 329 Å². The summed E-state index contributed by atoms with van der Waals surface area (Å²) < 4.78 is 16.9. The number of esters is 3. The third-order valence-electron chi connectivity index (χ3n) is 14.7. The largest absolute Gasteiger partial charge is 0.462 e. The number of hydrogen-bond donors (Lipinski definition) is 0. The Balaban J connectivity index is 4.33. The van der Waals surface area contributed by atoms with Crippen LogP contribution in [0, 0.1) is 0 Å². The molecule has 0 spiro atoms. The van der Waals surface area contributed by atoms with Gasteiger partial charge in [-0.2, -0.15) is 0 Å². The smallest absolute Gasteiger partial charge is 0.306 e. The summed E-state index contributed by atoms with van der Waals surface area (Å²) in [5.74, 6) is -0.924. The lowest BCUT2D eigenvalue weighted by Gasteiger charge is -2.18. The van der Waals surface area contributed by atoms with Crippen molar-refractivity contribution in [3.63, 3.8) is 0 Å². The second-order valence-electron chi connectivity index (χ2n) is 22.7. The summed E-state index contributed by atoms with van der Waals surface area (Å²) in [6.45, 7) is 6.52. The van der Waals surface area contributed by atoms with E-state index in [0.29, 0.717) is 19.3 Å². The number of carbonyl (C=O) groups is 3. The van der Waals surface area contributed by atoms with Crippen molar-refractivity contribution in [2.24, 2.45) is 0 Å². The molecule has 0 bridgehead atoms. The van der Waals surface area contributed by atoms with E-state index >= 15 is 0 Å². The third kappa shape index (κ3) is 66.6. The molecule has 6 heteroatoms. The van der Waals surface area contributed by atoms with Gasteiger partial charge in [0.05, 0.1) is 0 Å². The molecule has 6 nitrogen and oxygen atoms in total. The fraction of sp³-hybridized carbons (Fsp3) is 0.697. The summed E-state index contributed by atoms with van der Waals surface area (Å²) in [7, 11) is 0. The van der Waals surface area contributed by atoms with E-state index in [2.05, 4.69) is 142 Å². The van der Waals surface area contributed by atoms with Crippen molar-refractivity contribution in [1.29, 1.82) is 0 Å². The minimum atomic E-state index is -0.796. The average molecular weight is 1140 g/mol. The van der Waals surface area contributed by atoms with Crippen molar-refractivity contribution in [1.82, 2.24) is 0 Å². The van der Waals surface area contributed by atoms with E-state index in [4.69, 9.17) is 14.2 Å². The Morgan fingerprint density at radius 1 is 0.256 bits per heavy atom. The number of allylic oxidation sites excluding steroid dienone is 20. The molecular formula is C76H128O6. The van der Waals surface area contributed by atoms with Gasteiger partial charge in [0.25, 0.3) is 0 Å². The van der Waals surface area contributed by atoms with E-state index < -0.39 is 6.10 Å². The molecule has 0 fully saturated rings. The van der Waals surface area contributed by atoms with Gasteiger partial charge in [-0.15, -0.1) is 0 Å². The molecule has 0 aromatic heterocycles. The van der Waals surface area contributed by atoms with Crippen LogP contribution in [0.1, 0.15) is 323 Å². The Bertz CT molecular complexity index is 1690. The van der Waals surface area contributed by atoms with Crippen LogP contribution in [0.2, 0.25) is 0 Å².